The van der Waals surface area contributed by atoms with Crippen LogP contribution in [-0.2, 0) is 16.0 Å². The number of nitrogens with zero attached hydrogens (tertiary/aromatic N) is 1. The summed E-state index contributed by atoms with van der Waals surface area (Å²) in [5, 5.41) is 9.48. The van der Waals surface area contributed by atoms with Crippen molar-refractivity contribution in [3.05, 3.63) is 70.1 Å². The lowest BCUT2D eigenvalue weighted by Crippen LogP contribution is -2.37. The average Bonchev–Trinajstić information content (AvgIpc) is 2.74. The molecule has 0 spiro atoms. The van der Waals surface area contributed by atoms with E-state index in [1.165, 1.54) is 6.92 Å². The first-order valence-corrected chi connectivity index (χ1v) is 9.08. The van der Waals surface area contributed by atoms with E-state index < -0.39 is 23.5 Å². The fourth-order valence-electron chi connectivity index (χ4n) is 2.81. The summed E-state index contributed by atoms with van der Waals surface area (Å²) in [5.74, 6) is -0.433. The summed E-state index contributed by atoms with van der Waals surface area (Å²) in [6.07, 6.45) is -0.381. The van der Waals surface area contributed by atoms with Gasteiger partial charge in [-0.15, -0.1) is 0 Å². The largest absolute Gasteiger partial charge is 0.497 e. The fourth-order valence-corrected chi connectivity index (χ4v) is 2.81. The molecule has 1 atom stereocenters. The van der Waals surface area contributed by atoms with Gasteiger partial charge in [0.2, 0.25) is 0 Å². The second kappa shape index (κ2) is 9.01. The number of rotatable bonds is 7. The Morgan fingerprint density at radius 1 is 1.10 bits per heavy atom. The van der Waals surface area contributed by atoms with Crippen molar-refractivity contribution in [1.29, 1.82) is 0 Å². The van der Waals surface area contributed by atoms with E-state index in [-0.39, 0.29) is 5.69 Å². The van der Waals surface area contributed by atoms with Crippen LogP contribution in [-0.4, -0.2) is 41.8 Å². The van der Waals surface area contributed by atoms with Crippen LogP contribution in [0.2, 0.25) is 0 Å². The van der Waals surface area contributed by atoms with Crippen molar-refractivity contribution in [2.45, 2.75) is 19.4 Å². The van der Waals surface area contributed by atoms with Crippen LogP contribution >= 0.6 is 0 Å². The van der Waals surface area contributed by atoms with E-state index in [0.717, 1.165) is 11.3 Å². The summed E-state index contributed by atoms with van der Waals surface area (Å²) in [6.45, 7) is 1.88. The molecule has 0 aliphatic carbocycles. The number of H-pyrrole nitrogens is 1. The van der Waals surface area contributed by atoms with Gasteiger partial charge in [0.25, 0.3) is 11.5 Å². The van der Waals surface area contributed by atoms with Gasteiger partial charge < -0.3 is 14.8 Å². The molecular formula is C21H21N3O5. The molecule has 1 aromatic heterocycles. The lowest BCUT2D eigenvalue weighted by atomic mass is 10.1. The number of carbonyl (C=O) groups excluding carboxylic acids is 2. The van der Waals surface area contributed by atoms with E-state index in [9.17, 15) is 14.4 Å². The zero-order chi connectivity index (χ0) is 20.8. The molecule has 1 unspecified atom stereocenters. The normalized spacial score (nSPS) is 11.7. The second-order valence-electron chi connectivity index (χ2n) is 6.38. The minimum atomic E-state index is -1.01. The number of nitrogens with one attached hydrogen (secondary N) is 2. The highest BCUT2D eigenvalue weighted by Gasteiger charge is 2.22. The van der Waals surface area contributed by atoms with Crippen LogP contribution in [0.3, 0.4) is 0 Å². The van der Waals surface area contributed by atoms with Gasteiger partial charge in [0.15, 0.2) is 11.8 Å². The predicted octanol–water partition coefficient (Wildman–Crippen LogP) is 1.84. The van der Waals surface area contributed by atoms with Gasteiger partial charge >= 0.3 is 5.97 Å². The minimum Gasteiger partial charge on any atom is -0.497 e. The number of amides is 1. The molecule has 1 amide bonds. The third-order valence-corrected chi connectivity index (χ3v) is 4.41. The van der Waals surface area contributed by atoms with Gasteiger partial charge in [-0.3, -0.25) is 9.59 Å². The first-order chi connectivity index (χ1) is 14.0. The molecule has 0 saturated heterocycles. The van der Waals surface area contributed by atoms with Crippen molar-refractivity contribution in [3.8, 4) is 5.75 Å². The molecule has 0 fully saturated rings. The Bertz CT molecular complexity index is 1080. The van der Waals surface area contributed by atoms with Crippen LogP contribution in [0.1, 0.15) is 23.0 Å². The van der Waals surface area contributed by atoms with E-state index >= 15 is 0 Å². The number of benzene rings is 2. The van der Waals surface area contributed by atoms with Gasteiger partial charge in [-0.25, -0.2) is 9.89 Å². The Morgan fingerprint density at radius 3 is 2.48 bits per heavy atom. The van der Waals surface area contributed by atoms with Crippen LogP contribution in [0, 0.1) is 0 Å². The van der Waals surface area contributed by atoms with Crippen molar-refractivity contribution in [2.75, 3.05) is 13.7 Å². The van der Waals surface area contributed by atoms with Gasteiger partial charge in [0, 0.05) is 11.9 Å². The molecule has 0 aliphatic heterocycles. The van der Waals surface area contributed by atoms with E-state index in [0.29, 0.717) is 23.7 Å². The summed E-state index contributed by atoms with van der Waals surface area (Å²) in [4.78, 5) is 36.5. The van der Waals surface area contributed by atoms with Crippen molar-refractivity contribution >= 4 is 22.6 Å². The Kier molecular flexibility index (Phi) is 6.23. The van der Waals surface area contributed by atoms with Crippen LogP contribution in [0.4, 0.5) is 0 Å². The van der Waals surface area contributed by atoms with Crippen molar-refractivity contribution < 1.29 is 19.1 Å². The average molecular weight is 395 g/mol. The van der Waals surface area contributed by atoms with Gasteiger partial charge in [0.1, 0.15) is 5.75 Å². The first-order valence-electron chi connectivity index (χ1n) is 9.08. The Labute approximate surface area is 166 Å². The third kappa shape index (κ3) is 4.78. The standard InChI is InChI=1S/C21H21N3O5/c1-13(19(25)22-12-11-14-7-9-15(28-2)10-8-14)29-21(27)18-16-5-3-4-6-17(16)20(26)24-23-18/h3-10,13H,11-12H2,1-2H3,(H,22,25)(H,24,26). The lowest BCUT2D eigenvalue weighted by molar-refractivity contribution is -0.129. The molecule has 2 N–H and O–H groups in total. The quantitative estimate of drug-likeness (QED) is 0.591. The third-order valence-electron chi connectivity index (χ3n) is 4.41. The van der Waals surface area contributed by atoms with Crippen LogP contribution < -0.4 is 15.6 Å². The molecular weight excluding hydrogens is 374 g/mol. The maximum absolute atomic E-state index is 12.4. The summed E-state index contributed by atoms with van der Waals surface area (Å²) in [5.41, 5.74) is 0.596. The molecule has 8 nitrogen and oxygen atoms in total. The first kappa shape index (κ1) is 20.1. The SMILES string of the molecule is COc1ccc(CCNC(=O)C(C)OC(=O)c2n[nH]c(=O)c3ccccc23)cc1. The van der Waals surface area contributed by atoms with Crippen molar-refractivity contribution in [3.63, 3.8) is 0 Å². The van der Waals surface area contributed by atoms with E-state index in [4.69, 9.17) is 9.47 Å². The van der Waals surface area contributed by atoms with E-state index in [2.05, 4.69) is 15.5 Å². The lowest BCUT2D eigenvalue weighted by Gasteiger charge is -2.14. The number of ether oxygens (including phenoxy) is 2. The molecule has 8 heteroatoms. The predicted molar refractivity (Wildman–Crippen MR) is 107 cm³/mol. The minimum absolute atomic E-state index is 0.0434. The highest BCUT2D eigenvalue weighted by molar-refractivity contribution is 6.02. The number of carbonyl (C=O) groups is 2. The summed E-state index contributed by atoms with van der Waals surface area (Å²) in [6, 6.07) is 14.1. The molecule has 1 heterocycles. The fraction of sp³-hybridized carbons (Fsp3) is 0.238. The van der Waals surface area contributed by atoms with Crippen molar-refractivity contribution in [2.24, 2.45) is 0 Å². The second-order valence-corrected chi connectivity index (χ2v) is 6.38. The smallest absolute Gasteiger partial charge is 0.360 e. The Hall–Kier alpha value is -3.68. The molecule has 3 aromatic rings. The topological polar surface area (TPSA) is 110 Å². The van der Waals surface area contributed by atoms with E-state index in [1.54, 1.807) is 31.4 Å². The number of hydrogen-bond acceptors (Lipinski definition) is 6. The van der Waals surface area contributed by atoms with Crippen molar-refractivity contribution in [1.82, 2.24) is 15.5 Å². The number of esters is 1. The van der Waals surface area contributed by atoms with Gasteiger partial charge in [-0.05, 0) is 37.1 Å². The zero-order valence-electron chi connectivity index (χ0n) is 16.1. The van der Waals surface area contributed by atoms with Crippen LogP contribution in [0.25, 0.3) is 10.8 Å². The molecule has 29 heavy (non-hydrogen) atoms. The number of aromatic nitrogens is 2. The molecule has 150 valence electrons. The molecule has 3 rings (SSSR count). The van der Waals surface area contributed by atoms with Gasteiger partial charge in [-0.2, -0.15) is 5.10 Å². The molecule has 0 bridgehead atoms. The monoisotopic (exact) mass is 395 g/mol. The number of aromatic amines is 1. The Morgan fingerprint density at radius 2 is 1.79 bits per heavy atom. The van der Waals surface area contributed by atoms with Gasteiger partial charge in [-0.1, -0.05) is 30.3 Å². The molecule has 0 saturated carbocycles. The van der Waals surface area contributed by atoms with Crippen LogP contribution in [0.5, 0.6) is 5.75 Å². The maximum Gasteiger partial charge on any atom is 0.360 e. The highest BCUT2D eigenvalue weighted by atomic mass is 16.5. The van der Waals surface area contributed by atoms with Gasteiger partial charge in [0.05, 0.1) is 12.5 Å². The zero-order valence-corrected chi connectivity index (χ0v) is 16.1. The number of hydrogen-bond donors (Lipinski definition) is 2. The number of methoxy groups -OCH3 is 1. The van der Waals surface area contributed by atoms with Crippen LogP contribution in [0.15, 0.2) is 53.3 Å². The summed E-state index contributed by atoms with van der Waals surface area (Å²) in [7, 11) is 1.60. The summed E-state index contributed by atoms with van der Waals surface area (Å²) < 4.78 is 10.3. The molecule has 2 aromatic carbocycles. The summed E-state index contributed by atoms with van der Waals surface area (Å²) >= 11 is 0. The molecule has 0 aliphatic rings. The maximum atomic E-state index is 12.4. The highest BCUT2D eigenvalue weighted by Crippen LogP contribution is 2.14. The Balaban J connectivity index is 1.57. The molecule has 0 radical (unpaired) electrons. The van der Waals surface area contributed by atoms with E-state index in [1.807, 2.05) is 24.3 Å². The number of fused-ring (bicyclic) bond motifs is 1.